The van der Waals surface area contributed by atoms with Crippen LogP contribution in [0.2, 0.25) is 0 Å². The Morgan fingerprint density at radius 2 is 1.85 bits per heavy atom. The van der Waals surface area contributed by atoms with Crippen molar-refractivity contribution in [2.75, 3.05) is 0 Å². The molecule has 3 heteroatoms. The minimum atomic E-state index is 0.294. The van der Waals surface area contributed by atoms with Gasteiger partial charge in [-0.25, -0.2) is 0 Å². The Bertz CT molecular complexity index is 566. The maximum absolute atomic E-state index is 9.88. The number of hydrogen-bond acceptors (Lipinski definition) is 2. The molecule has 20 heavy (non-hydrogen) atoms. The summed E-state index contributed by atoms with van der Waals surface area (Å²) in [6.45, 7) is 4.87. The van der Waals surface area contributed by atoms with Gasteiger partial charge >= 0.3 is 0 Å². The van der Waals surface area contributed by atoms with Gasteiger partial charge in [-0.3, -0.25) is 0 Å². The van der Waals surface area contributed by atoms with Crippen LogP contribution in [0.1, 0.15) is 36.1 Å². The highest BCUT2D eigenvalue weighted by molar-refractivity contribution is 9.10. The summed E-state index contributed by atoms with van der Waals surface area (Å²) in [5.41, 5.74) is 3.37. The van der Waals surface area contributed by atoms with E-state index < -0.39 is 0 Å². The fraction of sp³-hybridized carbons (Fsp3) is 0.294. The zero-order chi connectivity index (χ0) is 14.5. The lowest BCUT2D eigenvalue weighted by Crippen LogP contribution is -2.20. The molecule has 0 aliphatic heterocycles. The molecule has 0 radical (unpaired) electrons. The van der Waals surface area contributed by atoms with Crippen molar-refractivity contribution in [3.05, 3.63) is 63.6 Å². The van der Waals surface area contributed by atoms with E-state index in [4.69, 9.17) is 0 Å². The topological polar surface area (TPSA) is 32.3 Å². The van der Waals surface area contributed by atoms with Gasteiger partial charge in [0.15, 0.2) is 0 Å². The minimum Gasteiger partial charge on any atom is -0.508 e. The van der Waals surface area contributed by atoms with Crippen LogP contribution in [0.3, 0.4) is 0 Å². The van der Waals surface area contributed by atoms with E-state index >= 15 is 0 Å². The van der Waals surface area contributed by atoms with Crippen LogP contribution in [0.25, 0.3) is 0 Å². The highest BCUT2D eigenvalue weighted by Gasteiger charge is 2.10. The monoisotopic (exact) mass is 333 g/mol. The first kappa shape index (κ1) is 15.1. The van der Waals surface area contributed by atoms with Gasteiger partial charge in [0.1, 0.15) is 5.75 Å². The van der Waals surface area contributed by atoms with Crippen LogP contribution in [0.15, 0.2) is 46.9 Å². The quantitative estimate of drug-likeness (QED) is 0.830. The molecule has 2 aromatic carbocycles. The molecule has 1 atom stereocenters. The molecule has 0 bridgehead atoms. The number of aryl methyl sites for hydroxylation is 1. The van der Waals surface area contributed by atoms with Gasteiger partial charge in [-0.1, -0.05) is 52.7 Å². The Kier molecular flexibility index (Phi) is 5.21. The second-order valence-corrected chi connectivity index (χ2v) is 5.94. The summed E-state index contributed by atoms with van der Waals surface area (Å²) >= 11 is 3.46. The molecule has 0 aliphatic rings. The number of benzene rings is 2. The van der Waals surface area contributed by atoms with Crippen molar-refractivity contribution >= 4 is 15.9 Å². The Labute approximate surface area is 129 Å². The molecule has 0 aromatic heterocycles. The maximum atomic E-state index is 9.88. The third-order valence-electron chi connectivity index (χ3n) is 3.45. The molecule has 0 spiro atoms. The molecule has 2 N–H and O–H groups in total. The predicted octanol–water partition coefficient (Wildman–Crippen LogP) is 4.70. The van der Waals surface area contributed by atoms with Crippen LogP contribution in [-0.2, 0) is 6.54 Å². The van der Waals surface area contributed by atoms with Gasteiger partial charge in [0.25, 0.3) is 0 Å². The van der Waals surface area contributed by atoms with Crippen molar-refractivity contribution in [3.63, 3.8) is 0 Å². The molecule has 106 valence electrons. The molecule has 0 heterocycles. The number of phenols is 1. The van der Waals surface area contributed by atoms with E-state index in [9.17, 15) is 5.11 Å². The Morgan fingerprint density at radius 1 is 1.15 bits per heavy atom. The van der Waals surface area contributed by atoms with E-state index in [2.05, 4.69) is 52.4 Å². The van der Waals surface area contributed by atoms with Crippen molar-refractivity contribution in [2.24, 2.45) is 0 Å². The Morgan fingerprint density at radius 3 is 2.50 bits per heavy atom. The zero-order valence-electron chi connectivity index (χ0n) is 11.9. The van der Waals surface area contributed by atoms with E-state index in [0.29, 0.717) is 18.3 Å². The van der Waals surface area contributed by atoms with Gasteiger partial charge in [-0.05, 0) is 37.1 Å². The van der Waals surface area contributed by atoms with E-state index in [1.165, 1.54) is 5.56 Å². The normalized spacial score (nSPS) is 12.3. The number of rotatable bonds is 5. The highest BCUT2D eigenvalue weighted by Crippen LogP contribution is 2.22. The van der Waals surface area contributed by atoms with Crippen LogP contribution in [0.5, 0.6) is 5.75 Å². The largest absolute Gasteiger partial charge is 0.508 e. The lowest BCUT2D eigenvalue weighted by molar-refractivity contribution is 0.455. The average Bonchev–Trinajstić information content (AvgIpc) is 2.45. The molecule has 1 unspecified atom stereocenters. The fourth-order valence-electron chi connectivity index (χ4n) is 2.28. The number of halogens is 1. The van der Waals surface area contributed by atoms with Gasteiger partial charge in [0, 0.05) is 22.6 Å². The third kappa shape index (κ3) is 3.84. The number of hydrogen-bond donors (Lipinski definition) is 2. The highest BCUT2D eigenvalue weighted by atomic mass is 79.9. The minimum absolute atomic E-state index is 0.294. The van der Waals surface area contributed by atoms with Gasteiger partial charge in [0.2, 0.25) is 0 Å². The molecular formula is C17H20BrNO. The SMILES string of the molecule is CCC(NCc1cc(C)ccc1O)c1ccc(Br)cc1. The summed E-state index contributed by atoms with van der Waals surface area (Å²) in [6, 6.07) is 14.4. The second kappa shape index (κ2) is 6.91. The van der Waals surface area contributed by atoms with E-state index in [1.54, 1.807) is 6.07 Å². The first-order valence-electron chi connectivity index (χ1n) is 6.87. The summed E-state index contributed by atoms with van der Waals surface area (Å²) in [4.78, 5) is 0. The maximum Gasteiger partial charge on any atom is 0.120 e. The molecule has 0 fully saturated rings. The molecule has 2 nitrogen and oxygen atoms in total. The van der Waals surface area contributed by atoms with Crippen LogP contribution in [0.4, 0.5) is 0 Å². The number of phenolic OH excluding ortho intramolecular Hbond substituents is 1. The van der Waals surface area contributed by atoms with Gasteiger partial charge < -0.3 is 10.4 Å². The molecule has 2 rings (SSSR count). The first-order chi connectivity index (χ1) is 9.60. The van der Waals surface area contributed by atoms with Crippen LogP contribution in [-0.4, -0.2) is 5.11 Å². The zero-order valence-corrected chi connectivity index (χ0v) is 13.4. The van der Waals surface area contributed by atoms with Crippen LogP contribution in [0, 0.1) is 6.92 Å². The predicted molar refractivity (Wildman–Crippen MR) is 86.9 cm³/mol. The first-order valence-corrected chi connectivity index (χ1v) is 7.66. The van der Waals surface area contributed by atoms with Gasteiger partial charge in [0.05, 0.1) is 0 Å². The molecule has 0 saturated heterocycles. The van der Waals surface area contributed by atoms with Crippen molar-refractivity contribution in [1.29, 1.82) is 0 Å². The summed E-state index contributed by atoms with van der Waals surface area (Å²) in [6.07, 6.45) is 1.01. The number of aromatic hydroxyl groups is 1. The smallest absolute Gasteiger partial charge is 0.120 e. The van der Waals surface area contributed by atoms with Gasteiger partial charge in [-0.2, -0.15) is 0 Å². The Hall–Kier alpha value is -1.32. The average molecular weight is 334 g/mol. The summed E-state index contributed by atoms with van der Waals surface area (Å²) in [5, 5.41) is 13.4. The molecule has 0 aliphatic carbocycles. The summed E-state index contributed by atoms with van der Waals surface area (Å²) < 4.78 is 1.09. The summed E-state index contributed by atoms with van der Waals surface area (Å²) in [7, 11) is 0. The van der Waals surface area contributed by atoms with E-state index in [1.807, 2.05) is 19.1 Å². The van der Waals surface area contributed by atoms with Crippen LogP contribution < -0.4 is 5.32 Å². The molecular weight excluding hydrogens is 314 g/mol. The molecule has 2 aromatic rings. The van der Waals surface area contributed by atoms with E-state index in [0.717, 1.165) is 22.0 Å². The van der Waals surface area contributed by atoms with E-state index in [-0.39, 0.29) is 0 Å². The second-order valence-electron chi connectivity index (χ2n) is 5.03. The van der Waals surface area contributed by atoms with Crippen molar-refractivity contribution in [2.45, 2.75) is 32.9 Å². The lowest BCUT2D eigenvalue weighted by atomic mass is 10.0. The standard InChI is InChI=1S/C17H20BrNO/c1-3-16(13-5-7-15(18)8-6-13)19-11-14-10-12(2)4-9-17(14)20/h4-10,16,19-20H,3,11H2,1-2H3. The molecule has 0 saturated carbocycles. The van der Waals surface area contributed by atoms with Gasteiger partial charge in [-0.15, -0.1) is 0 Å². The van der Waals surface area contributed by atoms with Crippen molar-refractivity contribution in [1.82, 2.24) is 5.32 Å². The summed E-state index contributed by atoms with van der Waals surface area (Å²) in [5.74, 6) is 0.355. The van der Waals surface area contributed by atoms with Crippen LogP contribution >= 0.6 is 15.9 Å². The molecule has 0 amide bonds. The third-order valence-corrected chi connectivity index (χ3v) is 3.98. The number of nitrogens with one attached hydrogen (secondary N) is 1. The fourth-order valence-corrected chi connectivity index (χ4v) is 2.55. The Balaban J connectivity index is 2.07. The lowest BCUT2D eigenvalue weighted by Gasteiger charge is -2.18. The van der Waals surface area contributed by atoms with Crippen molar-refractivity contribution in [3.8, 4) is 5.75 Å². The van der Waals surface area contributed by atoms with Crippen molar-refractivity contribution < 1.29 is 5.11 Å².